The van der Waals surface area contributed by atoms with Crippen LogP contribution in [0.1, 0.15) is 5.56 Å². The number of nitrogens with zero attached hydrogens (tertiary/aromatic N) is 1. The van der Waals surface area contributed by atoms with Crippen molar-refractivity contribution >= 4 is 16.3 Å². The summed E-state index contributed by atoms with van der Waals surface area (Å²) >= 11 is 0. The van der Waals surface area contributed by atoms with E-state index in [1.165, 1.54) is 16.8 Å². The molecule has 1 aromatic carbocycles. The topological polar surface area (TPSA) is 24.3 Å². The smallest absolute Gasteiger partial charge is 0.416 e. The fourth-order valence-corrected chi connectivity index (χ4v) is 2.15. The van der Waals surface area contributed by atoms with Gasteiger partial charge in [-0.2, -0.15) is 17.6 Å². The van der Waals surface area contributed by atoms with Crippen molar-refractivity contribution in [1.29, 1.82) is 0 Å². The van der Waals surface area contributed by atoms with Crippen LogP contribution in [0, 0.1) is 0 Å². The Kier molecular flexibility index (Phi) is 3.60. The lowest BCUT2D eigenvalue weighted by molar-refractivity contribution is -0.511. The highest BCUT2D eigenvalue weighted by Crippen LogP contribution is 2.31. The van der Waals surface area contributed by atoms with Gasteiger partial charge in [0.05, 0.1) is 10.9 Å². The van der Waals surface area contributed by atoms with Crippen molar-refractivity contribution in [3.8, 4) is 5.75 Å². The molecule has 20 heavy (non-hydrogen) atoms. The van der Waals surface area contributed by atoms with Crippen LogP contribution in [0.2, 0.25) is 0 Å². The quantitative estimate of drug-likeness (QED) is 0.461. The van der Waals surface area contributed by atoms with Gasteiger partial charge in [0, 0.05) is 17.5 Å². The summed E-state index contributed by atoms with van der Waals surface area (Å²) in [5.41, 5.74) is -0.299. The predicted molar refractivity (Wildman–Crippen MR) is 63.8 cm³/mol. The Morgan fingerprint density at radius 2 is 1.65 bits per heavy atom. The standard InChI is InChI=1S/C14H8F3NO.BrH/c15-14(16,17)9-5-6-18-8-13(19)11-4-2-1-3-10(11)12(18)7-9;/h1-8H;1H. The monoisotopic (exact) mass is 343 g/mol. The Bertz CT molecular complexity index is 786. The maximum absolute atomic E-state index is 12.7. The van der Waals surface area contributed by atoms with Crippen molar-refractivity contribution in [3.05, 3.63) is 54.4 Å². The second-order valence-corrected chi connectivity index (χ2v) is 4.27. The summed E-state index contributed by atoms with van der Waals surface area (Å²) in [5.74, 6) is 0.0351. The molecule has 2 aromatic heterocycles. The fourth-order valence-electron chi connectivity index (χ4n) is 2.15. The van der Waals surface area contributed by atoms with Gasteiger partial charge in [-0.15, -0.1) is 0 Å². The zero-order chi connectivity index (χ0) is 13.6. The third kappa shape index (κ3) is 2.31. The zero-order valence-electron chi connectivity index (χ0n) is 10.0. The highest BCUT2D eigenvalue weighted by Gasteiger charge is 2.32. The average molecular weight is 344 g/mol. The number of rotatable bonds is 0. The van der Waals surface area contributed by atoms with Crippen LogP contribution in [-0.4, -0.2) is 5.11 Å². The lowest BCUT2D eigenvalue weighted by atomic mass is 10.1. The largest absolute Gasteiger partial charge is 1.00 e. The van der Waals surface area contributed by atoms with E-state index in [4.69, 9.17) is 0 Å². The molecule has 0 saturated carbocycles. The van der Waals surface area contributed by atoms with E-state index in [-0.39, 0.29) is 22.7 Å². The fraction of sp³-hybridized carbons (Fsp3) is 0.0714. The Morgan fingerprint density at radius 3 is 2.30 bits per heavy atom. The molecule has 0 aliphatic carbocycles. The van der Waals surface area contributed by atoms with Gasteiger partial charge in [0.15, 0.2) is 11.9 Å². The molecule has 0 amide bonds. The van der Waals surface area contributed by atoms with E-state index >= 15 is 0 Å². The van der Waals surface area contributed by atoms with E-state index in [0.717, 1.165) is 12.1 Å². The number of hydrogen-bond acceptors (Lipinski definition) is 1. The first kappa shape index (κ1) is 14.6. The lowest BCUT2D eigenvalue weighted by Crippen LogP contribution is -3.00. The molecule has 0 bridgehead atoms. The Hall–Kier alpha value is -1.82. The number of hydrogen-bond donors (Lipinski definition) is 1. The summed E-state index contributed by atoms with van der Waals surface area (Å²) in [7, 11) is 0. The van der Waals surface area contributed by atoms with Crippen molar-refractivity contribution in [2.24, 2.45) is 0 Å². The number of alkyl halides is 3. The van der Waals surface area contributed by atoms with Gasteiger partial charge < -0.3 is 22.1 Å². The highest BCUT2D eigenvalue weighted by atomic mass is 79.9. The number of halogens is 4. The summed E-state index contributed by atoms with van der Waals surface area (Å²) in [4.78, 5) is 0. The van der Waals surface area contributed by atoms with Crippen LogP contribution in [0.15, 0.2) is 48.8 Å². The third-order valence-corrected chi connectivity index (χ3v) is 3.05. The average Bonchev–Trinajstić information content (AvgIpc) is 2.37. The van der Waals surface area contributed by atoms with Crippen LogP contribution < -0.4 is 21.4 Å². The van der Waals surface area contributed by atoms with Gasteiger partial charge in [0.2, 0.25) is 11.7 Å². The molecule has 2 nitrogen and oxygen atoms in total. The first-order chi connectivity index (χ1) is 8.97. The van der Waals surface area contributed by atoms with Gasteiger partial charge in [0.25, 0.3) is 0 Å². The minimum atomic E-state index is -4.38. The van der Waals surface area contributed by atoms with E-state index in [1.54, 1.807) is 24.3 Å². The second-order valence-electron chi connectivity index (χ2n) is 4.27. The molecule has 3 aromatic rings. The Balaban J connectivity index is 0.00000147. The van der Waals surface area contributed by atoms with Gasteiger partial charge >= 0.3 is 6.18 Å². The summed E-state index contributed by atoms with van der Waals surface area (Å²) < 4.78 is 39.7. The van der Waals surface area contributed by atoms with Gasteiger partial charge in [-0.05, 0) is 6.07 Å². The molecule has 0 fully saturated rings. The predicted octanol–water partition coefficient (Wildman–Crippen LogP) is 0.307. The van der Waals surface area contributed by atoms with E-state index in [2.05, 4.69) is 0 Å². The molecule has 1 N–H and O–H groups in total. The molecular weight excluding hydrogens is 335 g/mol. The van der Waals surface area contributed by atoms with E-state index in [1.807, 2.05) is 0 Å². The van der Waals surface area contributed by atoms with Crippen LogP contribution in [0.25, 0.3) is 16.3 Å². The number of benzene rings is 1. The van der Waals surface area contributed by atoms with Crippen molar-refractivity contribution in [1.82, 2.24) is 0 Å². The third-order valence-electron chi connectivity index (χ3n) is 3.05. The molecule has 0 spiro atoms. The molecule has 0 saturated heterocycles. The van der Waals surface area contributed by atoms with Gasteiger partial charge in [-0.3, -0.25) is 0 Å². The van der Waals surface area contributed by atoms with Crippen LogP contribution in [0.3, 0.4) is 0 Å². The molecule has 0 unspecified atom stereocenters. The molecule has 104 valence electrons. The zero-order valence-corrected chi connectivity index (χ0v) is 11.6. The van der Waals surface area contributed by atoms with Crippen molar-refractivity contribution in [3.63, 3.8) is 0 Å². The Morgan fingerprint density at radius 1 is 1.00 bits per heavy atom. The molecule has 0 atom stereocenters. The number of aromatic nitrogens is 1. The summed E-state index contributed by atoms with van der Waals surface area (Å²) in [6, 6.07) is 8.88. The minimum Gasteiger partial charge on any atom is -1.00 e. The molecule has 0 aliphatic heterocycles. The molecular formula is C14H9BrF3NO. The van der Waals surface area contributed by atoms with Gasteiger partial charge in [-0.25, -0.2) is 0 Å². The molecule has 0 radical (unpaired) electrons. The van der Waals surface area contributed by atoms with Gasteiger partial charge in [0.1, 0.15) is 0 Å². The first-order valence-electron chi connectivity index (χ1n) is 5.60. The lowest BCUT2D eigenvalue weighted by Gasteiger charge is -2.06. The Labute approximate surface area is 122 Å². The maximum atomic E-state index is 12.7. The van der Waals surface area contributed by atoms with E-state index in [0.29, 0.717) is 16.3 Å². The van der Waals surface area contributed by atoms with E-state index < -0.39 is 11.7 Å². The maximum Gasteiger partial charge on any atom is 0.416 e. The van der Waals surface area contributed by atoms with Crippen LogP contribution in [0.5, 0.6) is 5.75 Å². The molecule has 6 heteroatoms. The van der Waals surface area contributed by atoms with Crippen molar-refractivity contribution < 1.29 is 39.7 Å². The summed E-state index contributed by atoms with van der Waals surface area (Å²) in [6.45, 7) is 0. The molecule has 3 rings (SSSR count). The SMILES string of the molecule is Oc1c[n+]2ccc(C(F)(F)F)cc2c2ccccc12.[Br-]. The summed E-state index contributed by atoms with van der Waals surface area (Å²) in [6.07, 6.45) is -1.68. The van der Waals surface area contributed by atoms with E-state index in [9.17, 15) is 18.3 Å². The van der Waals surface area contributed by atoms with Crippen molar-refractivity contribution in [2.45, 2.75) is 6.18 Å². The molecule has 2 heterocycles. The van der Waals surface area contributed by atoms with Crippen LogP contribution >= 0.6 is 0 Å². The normalized spacial score (nSPS) is 11.6. The first-order valence-corrected chi connectivity index (χ1v) is 5.60. The number of fused-ring (bicyclic) bond motifs is 3. The van der Waals surface area contributed by atoms with Crippen molar-refractivity contribution in [2.75, 3.05) is 0 Å². The van der Waals surface area contributed by atoms with Gasteiger partial charge in [-0.1, -0.05) is 18.2 Å². The number of pyridine rings is 2. The van der Waals surface area contributed by atoms with Crippen LogP contribution in [0.4, 0.5) is 13.2 Å². The highest BCUT2D eigenvalue weighted by molar-refractivity contribution is 5.97. The summed E-state index contributed by atoms with van der Waals surface area (Å²) in [5, 5.41) is 11.0. The second kappa shape index (κ2) is 4.94. The number of aromatic hydroxyl groups is 1. The minimum absolute atomic E-state index is 0. The molecule has 0 aliphatic rings. The van der Waals surface area contributed by atoms with Crippen LogP contribution in [-0.2, 0) is 6.18 Å².